The number of hydrogen-bond acceptors (Lipinski definition) is 3. The largest absolute Gasteiger partial charge is 0.364 e. The lowest BCUT2D eigenvalue weighted by atomic mass is 10.1. The maximum Gasteiger partial charge on any atom is 0.271 e. The number of nitrogens with one attached hydrogen (secondary N) is 1. The van der Waals surface area contributed by atoms with Crippen LogP contribution in [0, 0.1) is 5.82 Å². The van der Waals surface area contributed by atoms with Crippen LogP contribution in [0.3, 0.4) is 0 Å². The number of nitrogens with two attached hydrogens (primary N) is 1. The van der Waals surface area contributed by atoms with E-state index in [1.807, 2.05) is 0 Å². The zero-order chi connectivity index (χ0) is 12.4. The van der Waals surface area contributed by atoms with E-state index in [9.17, 15) is 9.18 Å². The number of carbonyl (C=O) groups excluding carboxylic acids is 1. The summed E-state index contributed by atoms with van der Waals surface area (Å²) in [5.74, 6) is -1.09. The zero-order valence-corrected chi connectivity index (χ0v) is 10.2. The number of alkyl halides is 1. The molecule has 0 spiro atoms. The Hall–Kier alpha value is -1.76. The summed E-state index contributed by atoms with van der Waals surface area (Å²) in [6, 6.07) is 4.56. The molecule has 2 rings (SSSR count). The summed E-state index contributed by atoms with van der Waals surface area (Å²) in [7, 11) is 0. The Morgan fingerprint density at radius 3 is 2.82 bits per heavy atom. The molecule has 0 aliphatic heterocycles. The summed E-state index contributed by atoms with van der Waals surface area (Å²) in [5, 5.41) is 10.1. The van der Waals surface area contributed by atoms with Crippen molar-refractivity contribution in [2.24, 2.45) is 5.73 Å². The van der Waals surface area contributed by atoms with Gasteiger partial charge < -0.3 is 5.73 Å². The molecule has 0 aliphatic rings. The summed E-state index contributed by atoms with van der Waals surface area (Å²) < 4.78 is 13.6. The number of H-pyrrole nitrogens is 1. The smallest absolute Gasteiger partial charge is 0.271 e. The molecule has 0 saturated heterocycles. The first-order chi connectivity index (χ1) is 8.13. The quantitative estimate of drug-likeness (QED) is 0.844. The summed E-state index contributed by atoms with van der Waals surface area (Å²) in [6.07, 6.45) is 0. The molecule has 0 saturated carbocycles. The summed E-state index contributed by atoms with van der Waals surface area (Å²) in [6.45, 7) is 0. The van der Waals surface area contributed by atoms with E-state index in [1.54, 1.807) is 12.1 Å². The molecule has 88 valence electrons. The van der Waals surface area contributed by atoms with Crippen LogP contribution in [0.4, 0.5) is 4.39 Å². The lowest BCUT2D eigenvalue weighted by Crippen LogP contribution is -2.12. The molecular formula is C10H8BrFN4O. The van der Waals surface area contributed by atoms with Gasteiger partial charge in [0.15, 0.2) is 5.69 Å². The van der Waals surface area contributed by atoms with E-state index in [0.717, 1.165) is 0 Å². The van der Waals surface area contributed by atoms with E-state index in [4.69, 9.17) is 5.73 Å². The number of rotatable bonds is 3. The highest BCUT2D eigenvalue weighted by Crippen LogP contribution is 2.22. The molecule has 0 bridgehead atoms. The second kappa shape index (κ2) is 4.62. The van der Waals surface area contributed by atoms with Crippen molar-refractivity contribution in [1.29, 1.82) is 0 Å². The monoisotopic (exact) mass is 298 g/mol. The number of benzene rings is 1. The van der Waals surface area contributed by atoms with Crippen molar-refractivity contribution in [2.45, 2.75) is 5.33 Å². The van der Waals surface area contributed by atoms with Crippen LogP contribution in [-0.2, 0) is 5.33 Å². The molecule has 17 heavy (non-hydrogen) atoms. The fourth-order valence-electron chi connectivity index (χ4n) is 1.41. The minimum absolute atomic E-state index is 0.00371. The van der Waals surface area contributed by atoms with Gasteiger partial charge in [-0.1, -0.05) is 28.1 Å². The van der Waals surface area contributed by atoms with Crippen molar-refractivity contribution in [1.82, 2.24) is 15.4 Å². The predicted molar refractivity (Wildman–Crippen MR) is 62.9 cm³/mol. The topological polar surface area (TPSA) is 84.7 Å². The predicted octanol–water partition coefficient (Wildman–Crippen LogP) is 1.60. The van der Waals surface area contributed by atoms with E-state index in [1.165, 1.54) is 6.07 Å². The lowest BCUT2D eigenvalue weighted by Gasteiger charge is -2.02. The molecule has 1 amide bonds. The third kappa shape index (κ3) is 2.19. The third-order valence-electron chi connectivity index (χ3n) is 2.25. The number of aromatic nitrogens is 3. The number of halogens is 2. The van der Waals surface area contributed by atoms with Gasteiger partial charge in [0.2, 0.25) is 0 Å². The van der Waals surface area contributed by atoms with Gasteiger partial charge in [0.25, 0.3) is 5.91 Å². The van der Waals surface area contributed by atoms with Crippen LogP contribution in [-0.4, -0.2) is 21.3 Å². The lowest BCUT2D eigenvalue weighted by molar-refractivity contribution is 0.0996. The van der Waals surface area contributed by atoms with Gasteiger partial charge in [-0.15, -0.1) is 0 Å². The van der Waals surface area contributed by atoms with Gasteiger partial charge in [-0.05, 0) is 11.6 Å². The van der Waals surface area contributed by atoms with Crippen molar-refractivity contribution in [3.8, 4) is 11.3 Å². The number of primary amides is 1. The maximum atomic E-state index is 13.6. The Morgan fingerprint density at radius 2 is 2.24 bits per heavy atom. The number of amides is 1. The Kier molecular flexibility index (Phi) is 3.19. The fraction of sp³-hybridized carbons (Fsp3) is 0.100. The van der Waals surface area contributed by atoms with Gasteiger partial charge in [-0.2, -0.15) is 15.4 Å². The number of carbonyl (C=O) groups is 1. The van der Waals surface area contributed by atoms with Crippen molar-refractivity contribution >= 4 is 21.8 Å². The SMILES string of the molecule is NC(=O)c1n[nH]nc1-c1ccc(CBr)c(F)c1. The third-order valence-corrected chi connectivity index (χ3v) is 2.86. The van der Waals surface area contributed by atoms with Gasteiger partial charge in [0.1, 0.15) is 11.5 Å². The highest BCUT2D eigenvalue weighted by atomic mass is 79.9. The van der Waals surface area contributed by atoms with E-state index >= 15 is 0 Å². The highest BCUT2D eigenvalue weighted by Gasteiger charge is 2.16. The second-order valence-corrected chi connectivity index (χ2v) is 3.89. The van der Waals surface area contributed by atoms with E-state index in [-0.39, 0.29) is 17.2 Å². The van der Waals surface area contributed by atoms with Crippen LogP contribution >= 0.6 is 15.9 Å². The molecule has 0 aliphatic carbocycles. The molecular weight excluding hydrogens is 291 g/mol. The normalized spacial score (nSPS) is 10.5. The number of hydrogen-bond donors (Lipinski definition) is 2. The summed E-state index contributed by atoms with van der Waals surface area (Å²) >= 11 is 3.17. The van der Waals surface area contributed by atoms with Crippen LogP contribution in [0.15, 0.2) is 18.2 Å². The molecule has 0 atom stereocenters. The minimum Gasteiger partial charge on any atom is -0.364 e. The van der Waals surface area contributed by atoms with Crippen LogP contribution < -0.4 is 5.73 Å². The van der Waals surface area contributed by atoms with Gasteiger partial charge in [-0.25, -0.2) is 4.39 Å². The summed E-state index contributed by atoms with van der Waals surface area (Å²) in [5.41, 5.74) is 6.35. The van der Waals surface area contributed by atoms with Crippen LogP contribution in [0.25, 0.3) is 11.3 Å². The Balaban J connectivity index is 2.50. The van der Waals surface area contributed by atoms with Crippen molar-refractivity contribution < 1.29 is 9.18 Å². The first kappa shape index (κ1) is 11.7. The van der Waals surface area contributed by atoms with E-state index in [2.05, 4.69) is 31.3 Å². The maximum absolute atomic E-state index is 13.6. The second-order valence-electron chi connectivity index (χ2n) is 3.32. The average Bonchev–Trinajstić information content (AvgIpc) is 2.77. The van der Waals surface area contributed by atoms with Gasteiger partial charge in [0.05, 0.1) is 0 Å². The molecule has 2 aromatic rings. The molecule has 3 N–H and O–H groups in total. The molecule has 5 nitrogen and oxygen atoms in total. The van der Waals surface area contributed by atoms with Crippen LogP contribution in [0.2, 0.25) is 0 Å². The Morgan fingerprint density at radius 1 is 1.47 bits per heavy atom. The molecule has 0 fully saturated rings. The van der Waals surface area contributed by atoms with Gasteiger partial charge in [0, 0.05) is 10.9 Å². The van der Waals surface area contributed by atoms with Crippen molar-refractivity contribution in [2.75, 3.05) is 0 Å². The number of aromatic amines is 1. The minimum atomic E-state index is -0.710. The standard InChI is InChI=1S/C10H8BrFN4O/c11-4-6-2-1-5(3-7(6)12)8-9(10(13)17)15-16-14-8/h1-3H,4H2,(H2,13,17)(H,14,15,16). The Bertz CT molecular complexity index is 569. The van der Waals surface area contributed by atoms with Crippen LogP contribution in [0.5, 0.6) is 0 Å². The van der Waals surface area contributed by atoms with Gasteiger partial charge in [-0.3, -0.25) is 4.79 Å². The molecule has 7 heteroatoms. The van der Waals surface area contributed by atoms with Crippen molar-refractivity contribution in [3.05, 3.63) is 35.3 Å². The highest BCUT2D eigenvalue weighted by molar-refractivity contribution is 9.08. The zero-order valence-electron chi connectivity index (χ0n) is 8.58. The number of nitrogens with zero attached hydrogens (tertiary/aromatic N) is 2. The van der Waals surface area contributed by atoms with Crippen molar-refractivity contribution in [3.63, 3.8) is 0 Å². The molecule has 0 radical (unpaired) electrons. The first-order valence-corrected chi connectivity index (χ1v) is 5.81. The summed E-state index contributed by atoms with van der Waals surface area (Å²) in [4.78, 5) is 11.1. The van der Waals surface area contributed by atoms with Crippen LogP contribution in [0.1, 0.15) is 16.1 Å². The fourth-order valence-corrected chi connectivity index (χ4v) is 1.86. The average molecular weight is 299 g/mol. The van der Waals surface area contributed by atoms with E-state index in [0.29, 0.717) is 16.5 Å². The Labute approximate surface area is 104 Å². The van der Waals surface area contributed by atoms with Gasteiger partial charge >= 0.3 is 0 Å². The molecule has 0 unspecified atom stereocenters. The molecule has 1 aromatic carbocycles. The molecule has 1 heterocycles. The van der Waals surface area contributed by atoms with E-state index < -0.39 is 5.91 Å². The first-order valence-electron chi connectivity index (χ1n) is 4.69. The molecule has 1 aromatic heterocycles.